The summed E-state index contributed by atoms with van der Waals surface area (Å²) in [5.74, 6) is -0.710. The molecule has 0 unspecified atom stereocenters. The average molecular weight is 382 g/mol. The second-order valence-electron chi connectivity index (χ2n) is 7.11. The third kappa shape index (κ3) is 4.94. The number of nitrogens with one attached hydrogen (secondary N) is 3. The number of aromatic nitrogens is 2. The van der Waals surface area contributed by atoms with Gasteiger partial charge in [-0.2, -0.15) is 0 Å². The molecular weight excluding hydrogens is 359 g/mol. The maximum absolute atomic E-state index is 13.8. The van der Waals surface area contributed by atoms with E-state index in [1.807, 2.05) is 38.1 Å². The van der Waals surface area contributed by atoms with Crippen molar-refractivity contribution in [2.45, 2.75) is 32.7 Å². The lowest BCUT2D eigenvalue weighted by molar-refractivity contribution is -0.126. The van der Waals surface area contributed by atoms with Crippen LogP contribution in [0.4, 0.5) is 10.3 Å². The minimum Gasteiger partial charge on any atom is -0.344 e. The number of halogens is 1. The Balaban J connectivity index is 1.68. The van der Waals surface area contributed by atoms with Crippen LogP contribution in [0.15, 0.2) is 48.5 Å². The van der Waals surface area contributed by atoms with Crippen molar-refractivity contribution in [3.8, 4) is 0 Å². The standard InChI is InChI=1S/C21H23FN4O2/c1-13(2)11-18(23-19(27)12-14-7-3-4-8-15(14)22)20(28)26-21-24-16-9-5-6-10-17(16)25-21/h3-10,13,18H,11-12H2,1-2H3,(H,23,27)(H2,24,25,26,28)/t18-/m0/s1. The first-order valence-electron chi connectivity index (χ1n) is 9.20. The van der Waals surface area contributed by atoms with E-state index in [4.69, 9.17) is 0 Å². The predicted octanol–water partition coefficient (Wildman–Crippen LogP) is 3.41. The number of nitrogens with zero attached hydrogens (tertiary/aromatic N) is 1. The van der Waals surface area contributed by atoms with Crippen LogP contribution in [0.5, 0.6) is 0 Å². The SMILES string of the molecule is CC(C)C[C@H](NC(=O)Cc1ccccc1F)C(=O)Nc1nc2ccccc2[nH]1. The zero-order valence-electron chi connectivity index (χ0n) is 15.8. The molecule has 0 saturated heterocycles. The fraction of sp³-hybridized carbons (Fsp3) is 0.286. The van der Waals surface area contributed by atoms with Crippen LogP contribution in [-0.2, 0) is 16.0 Å². The first kappa shape index (κ1) is 19.5. The smallest absolute Gasteiger partial charge is 0.249 e. The number of imidazole rings is 1. The topological polar surface area (TPSA) is 86.9 Å². The van der Waals surface area contributed by atoms with Gasteiger partial charge in [0.1, 0.15) is 11.9 Å². The van der Waals surface area contributed by atoms with E-state index in [1.165, 1.54) is 6.07 Å². The highest BCUT2D eigenvalue weighted by atomic mass is 19.1. The van der Waals surface area contributed by atoms with Crippen molar-refractivity contribution in [2.24, 2.45) is 5.92 Å². The molecular formula is C21H23FN4O2. The molecule has 0 aliphatic carbocycles. The molecule has 3 rings (SSSR count). The summed E-state index contributed by atoms with van der Waals surface area (Å²) in [5, 5.41) is 5.44. The lowest BCUT2D eigenvalue weighted by Gasteiger charge is -2.19. The van der Waals surface area contributed by atoms with Crippen molar-refractivity contribution >= 4 is 28.8 Å². The molecule has 146 valence electrons. The van der Waals surface area contributed by atoms with Crippen LogP contribution in [0, 0.1) is 11.7 Å². The Kier molecular flexibility index (Phi) is 6.03. The Bertz CT molecular complexity index is 950. The molecule has 3 aromatic rings. The molecule has 1 atom stereocenters. The number of amides is 2. The Labute approximate surface area is 162 Å². The van der Waals surface area contributed by atoms with Crippen LogP contribution in [0.2, 0.25) is 0 Å². The van der Waals surface area contributed by atoms with Gasteiger partial charge in [0.25, 0.3) is 0 Å². The zero-order valence-corrected chi connectivity index (χ0v) is 15.8. The van der Waals surface area contributed by atoms with E-state index < -0.39 is 17.8 Å². The first-order valence-corrected chi connectivity index (χ1v) is 9.20. The van der Waals surface area contributed by atoms with Gasteiger partial charge in [-0.1, -0.05) is 44.2 Å². The fourth-order valence-corrected chi connectivity index (χ4v) is 2.98. The van der Waals surface area contributed by atoms with Crippen LogP contribution in [0.25, 0.3) is 11.0 Å². The van der Waals surface area contributed by atoms with Gasteiger partial charge in [0.2, 0.25) is 17.8 Å². The van der Waals surface area contributed by atoms with Gasteiger partial charge < -0.3 is 10.3 Å². The van der Waals surface area contributed by atoms with E-state index in [0.717, 1.165) is 11.0 Å². The fourth-order valence-electron chi connectivity index (χ4n) is 2.98. The summed E-state index contributed by atoms with van der Waals surface area (Å²) in [7, 11) is 0. The third-order valence-electron chi connectivity index (χ3n) is 4.30. The second-order valence-corrected chi connectivity index (χ2v) is 7.11. The summed E-state index contributed by atoms with van der Waals surface area (Å²) in [6.45, 7) is 3.93. The number of carbonyl (C=O) groups is 2. The van der Waals surface area contributed by atoms with Crippen molar-refractivity contribution in [3.63, 3.8) is 0 Å². The Morgan fingerprint density at radius 2 is 1.82 bits per heavy atom. The number of carbonyl (C=O) groups excluding carboxylic acids is 2. The molecule has 28 heavy (non-hydrogen) atoms. The van der Waals surface area contributed by atoms with Gasteiger partial charge in [0, 0.05) is 0 Å². The number of hydrogen-bond donors (Lipinski definition) is 3. The molecule has 0 bridgehead atoms. The van der Waals surface area contributed by atoms with Gasteiger partial charge in [0.15, 0.2) is 0 Å². The van der Waals surface area contributed by atoms with Crippen molar-refractivity contribution in [1.82, 2.24) is 15.3 Å². The van der Waals surface area contributed by atoms with Crippen molar-refractivity contribution in [3.05, 3.63) is 59.9 Å². The monoisotopic (exact) mass is 382 g/mol. The quantitative estimate of drug-likeness (QED) is 0.585. The van der Waals surface area contributed by atoms with E-state index in [0.29, 0.717) is 17.9 Å². The van der Waals surface area contributed by atoms with E-state index in [-0.39, 0.29) is 18.2 Å². The molecule has 1 heterocycles. The van der Waals surface area contributed by atoms with Crippen LogP contribution >= 0.6 is 0 Å². The molecule has 2 aromatic carbocycles. The van der Waals surface area contributed by atoms with Crippen LogP contribution in [0.3, 0.4) is 0 Å². The molecule has 1 aromatic heterocycles. The summed E-state index contributed by atoms with van der Waals surface area (Å²) < 4.78 is 13.8. The number of hydrogen-bond acceptors (Lipinski definition) is 3. The van der Waals surface area contributed by atoms with Gasteiger partial charge in [-0.15, -0.1) is 0 Å². The number of para-hydroxylation sites is 2. The van der Waals surface area contributed by atoms with Crippen LogP contribution in [-0.4, -0.2) is 27.8 Å². The molecule has 6 nitrogen and oxygen atoms in total. The number of benzene rings is 2. The highest BCUT2D eigenvalue weighted by molar-refractivity contribution is 5.97. The lowest BCUT2D eigenvalue weighted by atomic mass is 10.0. The molecule has 0 aliphatic heterocycles. The summed E-state index contributed by atoms with van der Waals surface area (Å²) in [4.78, 5) is 32.4. The largest absolute Gasteiger partial charge is 0.344 e. The summed E-state index contributed by atoms with van der Waals surface area (Å²) in [5.41, 5.74) is 1.84. The molecule has 0 radical (unpaired) electrons. The molecule has 0 saturated carbocycles. The zero-order chi connectivity index (χ0) is 20.1. The summed E-state index contributed by atoms with van der Waals surface area (Å²) >= 11 is 0. The van der Waals surface area contributed by atoms with Gasteiger partial charge >= 0.3 is 0 Å². The maximum Gasteiger partial charge on any atom is 0.249 e. The lowest BCUT2D eigenvalue weighted by Crippen LogP contribution is -2.45. The predicted molar refractivity (Wildman–Crippen MR) is 106 cm³/mol. The van der Waals surface area contributed by atoms with E-state index >= 15 is 0 Å². The number of H-pyrrole nitrogens is 1. The first-order chi connectivity index (χ1) is 13.4. The van der Waals surface area contributed by atoms with Gasteiger partial charge in [-0.25, -0.2) is 9.37 Å². The summed E-state index contributed by atoms with van der Waals surface area (Å²) in [6, 6.07) is 12.8. The molecule has 3 N–H and O–H groups in total. The molecule has 0 spiro atoms. The van der Waals surface area contributed by atoms with Gasteiger partial charge in [-0.3, -0.25) is 14.9 Å². The molecule has 0 aliphatic rings. The van der Waals surface area contributed by atoms with Crippen molar-refractivity contribution in [2.75, 3.05) is 5.32 Å². The van der Waals surface area contributed by atoms with Gasteiger partial charge in [0.05, 0.1) is 17.5 Å². The Morgan fingerprint density at radius 1 is 1.11 bits per heavy atom. The number of aromatic amines is 1. The number of rotatable bonds is 7. The maximum atomic E-state index is 13.8. The highest BCUT2D eigenvalue weighted by Crippen LogP contribution is 2.15. The third-order valence-corrected chi connectivity index (χ3v) is 4.30. The summed E-state index contributed by atoms with van der Waals surface area (Å²) in [6.07, 6.45) is 0.328. The Hall–Kier alpha value is -3.22. The van der Waals surface area contributed by atoms with E-state index in [1.54, 1.807) is 18.2 Å². The van der Waals surface area contributed by atoms with Crippen LogP contribution in [0.1, 0.15) is 25.8 Å². The van der Waals surface area contributed by atoms with E-state index in [9.17, 15) is 14.0 Å². The van der Waals surface area contributed by atoms with Crippen molar-refractivity contribution < 1.29 is 14.0 Å². The minimum absolute atomic E-state index is 0.126. The average Bonchev–Trinajstić information content (AvgIpc) is 3.05. The van der Waals surface area contributed by atoms with Crippen LogP contribution < -0.4 is 10.6 Å². The number of fused-ring (bicyclic) bond motifs is 1. The van der Waals surface area contributed by atoms with Gasteiger partial charge in [-0.05, 0) is 36.1 Å². The molecule has 2 amide bonds. The highest BCUT2D eigenvalue weighted by Gasteiger charge is 2.23. The minimum atomic E-state index is -0.743. The molecule has 0 fully saturated rings. The van der Waals surface area contributed by atoms with Crippen molar-refractivity contribution in [1.29, 1.82) is 0 Å². The molecule has 7 heteroatoms. The van der Waals surface area contributed by atoms with E-state index in [2.05, 4.69) is 20.6 Å². The Morgan fingerprint density at radius 3 is 2.54 bits per heavy atom. The number of anilines is 1. The second kappa shape index (κ2) is 8.65. The normalized spacial score (nSPS) is 12.1.